The molecule has 0 bridgehead atoms. The summed E-state index contributed by atoms with van der Waals surface area (Å²) in [6.45, 7) is 2.94. The average molecular weight is 234 g/mol. The van der Waals surface area contributed by atoms with Gasteiger partial charge in [-0.05, 0) is 12.3 Å². The van der Waals surface area contributed by atoms with Crippen LogP contribution in [0.4, 0.5) is 11.5 Å². The van der Waals surface area contributed by atoms with Crippen molar-refractivity contribution in [1.82, 2.24) is 9.97 Å². The number of hydrogen-bond donors (Lipinski definition) is 1. The number of hydrogen-bond acceptors (Lipinski definition) is 5. The lowest BCUT2D eigenvalue weighted by Crippen LogP contribution is -2.47. The fourth-order valence-corrected chi connectivity index (χ4v) is 2.62. The van der Waals surface area contributed by atoms with Crippen LogP contribution in [0.15, 0.2) is 6.33 Å². The molecule has 1 aromatic rings. The quantitative estimate of drug-likeness (QED) is 0.772. The second-order valence-electron chi connectivity index (χ2n) is 4.47. The smallest absolute Gasteiger partial charge is 0.247 e. The van der Waals surface area contributed by atoms with Gasteiger partial charge in [-0.25, -0.2) is 4.98 Å². The highest BCUT2D eigenvalue weighted by Crippen LogP contribution is 2.40. The number of ether oxygens (including phenoxy) is 1. The minimum absolute atomic E-state index is 0.00981. The van der Waals surface area contributed by atoms with Crippen LogP contribution in [0.1, 0.15) is 13.3 Å². The molecule has 0 radical (unpaired) electrons. The molecule has 6 heteroatoms. The largest absolute Gasteiger partial charge is 0.479 e. The Balaban J connectivity index is 2.11. The van der Waals surface area contributed by atoms with Crippen molar-refractivity contribution in [3.8, 4) is 5.88 Å². The highest BCUT2D eigenvalue weighted by Gasteiger charge is 2.42. The van der Waals surface area contributed by atoms with E-state index in [4.69, 9.17) is 4.74 Å². The van der Waals surface area contributed by atoms with E-state index in [1.807, 2.05) is 4.90 Å². The van der Waals surface area contributed by atoms with Crippen LogP contribution in [0.25, 0.3) is 0 Å². The summed E-state index contributed by atoms with van der Waals surface area (Å²) in [5.41, 5.74) is 0.588. The number of aromatic nitrogens is 2. The lowest BCUT2D eigenvalue weighted by Gasteiger charge is -2.33. The van der Waals surface area contributed by atoms with Gasteiger partial charge >= 0.3 is 0 Å². The molecule has 1 aromatic heterocycles. The van der Waals surface area contributed by atoms with E-state index in [2.05, 4.69) is 22.2 Å². The minimum Gasteiger partial charge on any atom is -0.479 e. The molecule has 6 nitrogen and oxygen atoms in total. The van der Waals surface area contributed by atoms with Gasteiger partial charge in [-0.15, -0.1) is 0 Å². The summed E-state index contributed by atoms with van der Waals surface area (Å²) in [5, 5.41) is 2.85. The van der Waals surface area contributed by atoms with E-state index in [-0.39, 0.29) is 11.9 Å². The topological polar surface area (TPSA) is 67.4 Å². The maximum Gasteiger partial charge on any atom is 0.247 e. The Morgan fingerprint density at radius 2 is 2.35 bits per heavy atom. The van der Waals surface area contributed by atoms with Crippen molar-refractivity contribution in [2.45, 2.75) is 19.4 Å². The van der Waals surface area contributed by atoms with Crippen LogP contribution in [-0.2, 0) is 4.79 Å². The van der Waals surface area contributed by atoms with Crippen LogP contribution < -0.4 is 15.0 Å². The third-order valence-corrected chi connectivity index (χ3v) is 3.47. The Kier molecular flexibility index (Phi) is 2.17. The van der Waals surface area contributed by atoms with Gasteiger partial charge in [0.2, 0.25) is 11.8 Å². The molecular weight excluding hydrogens is 220 g/mol. The Morgan fingerprint density at radius 3 is 3.12 bits per heavy atom. The van der Waals surface area contributed by atoms with Gasteiger partial charge in [0, 0.05) is 6.54 Å². The van der Waals surface area contributed by atoms with Crippen LogP contribution in [0.2, 0.25) is 0 Å². The van der Waals surface area contributed by atoms with Gasteiger partial charge in [-0.2, -0.15) is 4.98 Å². The van der Waals surface area contributed by atoms with E-state index in [9.17, 15) is 4.79 Å². The standard InChI is InChI=1S/C11H14N4O2/c1-6-3-4-15-8(6)10(16)14-7-9(15)12-5-13-11(7)17-2/h5-6,8H,3-4H2,1-2H3,(H,14,16). The SMILES string of the molecule is COc1ncnc2c1NC(=O)C1C(C)CCN21. The molecule has 3 heterocycles. The second-order valence-corrected chi connectivity index (χ2v) is 4.47. The van der Waals surface area contributed by atoms with Crippen molar-refractivity contribution in [1.29, 1.82) is 0 Å². The van der Waals surface area contributed by atoms with E-state index in [0.29, 0.717) is 17.5 Å². The molecule has 2 aliphatic rings. The molecule has 2 aliphatic heterocycles. The van der Waals surface area contributed by atoms with E-state index in [1.54, 1.807) is 0 Å². The molecule has 1 fully saturated rings. The molecule has 0 saturated carbocycles. The summed E-state index contributed by atoms with van der Waals surface area (Å²) >= 11 is 0. The number of methoxy groups -OCH3 is 1. The summed E-state index contributed by atoms with van der Waals surface area (Å²) in [5.74, 6) is 1.55. The highest BCUT2D eigenvalue weighted by atomic mass is 16.5. The molecule has 1 saturated heterocycles. The fraction of sp³-hybridized carbons (Fsp3) is 0.545. The molecule has 1 N–H and O–H groups in total. The van der Waals surface area contributed by atoms with Crippen molar-refractivity contribution < 1.29 is 9.53 Å². The highest BCUT2D eigenvalue weighted by molar-refractivity contribution is 6.04. The Labute approximate surface area is 99.0 Å². The maximum absolute atomic E-state index is 12.1. The van der Waals surface area contributed by atoms with E-state index in [0.717, 1.165) is 18.8 Å². The van der Waals surface area contributed by atoms with Crippen molar-refractivity contribution in [2.75, 3.05) is 23.9 Å². The van der Waals surface area contributed by atoms with Crippen molar-refractivity contribution in [2.24, 2.45) is 5.92 Å². The number of fused-ring (bicyclic) bond motifs is 3. The molecule has 2 atom stereocenters. The maximum atomic E-state index is 12.1. The summed E-state index contributed by atoms with van der Waals surface area (Å²) in [6, 6.07) is -0.109. The molecule has 17 heavy (non-hydrogen) atoms. The molecule has 1 amide bonds. The van der Waals surface area contributed by atoms with Crippen molar-refractivity contribution >= 4 is 17.4 Å². The Bertz CT molecular complexity index is 477. The molecule has 0 spiro atoms. The zero-order valence-corrected chi connectivity index (χ0v) is 9.80. The molecule has 2 unspecified atom stereocenters. The van der Waals surface area contributed by atoms with Gasteiger partial charge in [-0.3, -0.25) is 4.79 Å². The Morgan fingerprint density at radius 1 is 1.53 bits per heavy atom. The predicted octanol–water partition coefficient (Wildman–Crippen LogP) is 0.652. The summed E-state index contributed by atoms with van der Waals surface area (Å²) in [4.78, 5) is 22.4. The zero-order valence-electron chi connectivity index (χ0n) is 9.80. The van der Waals surface area contributed by atoms with Gasteiger partial charge in [0.1, 0.15) is 18.1 Å². The number of rotatable bonds is 1. The third-order valence-electron chi connectivity index (χ3n) is 3.47. The van der Waals surface area contributed by atoms with Crippen LogP contribution in [-0.4, -0.2) is 35.6 Å². The van der Waals surface area contributed by atoms with Gasteiger partial charge in [-0.1, -0.05) is 6.92 Å². The van der Waals surface area contributed by atoms with Gasteiger partial charge in [0.05, 0.1) is 7.11 Å². The summed E-state index contributed by atoms with van der Waals surface area (Å²) in [7, 11) is 1.54. The lowest BCUT2D eigenvalue weighted by atomic mass is 10.0. The van der Waals surface area contributed by atoms with Crippen molar-refractivity contribution in [3.05, 3.63) is 6.33 Å². The number of nitrogens with one attached hydrogen (secondary N) is 1. The summed E-state index contributed by atoms with van der Waals surface area (Å²) < 4.78 is 5.14. The summed E-state index contributed by atoms with van der Waals surface area (Å²) in [6.07, 6.45) is 2.47. The van der Waals surface area contributed by atoms with Gasteiger partial charge < -0.3 is 15.0 Å². The predicted molar refractivity (Wildman–Crippen MR) is 62.1 cm³/mol. The van der Waals surface area contributed by atoms with Crippen molar-refractivity contribution in [3.63, 3.8) is 0 Å². The minimum atomic E-state index is -0.109. The first-order valence-corrected chi connectivity index (χ1v) is 5.69. The average Bonchev–Trinajstić information content (AvgIpc) is 2.72. The van der Waals surface area contributed by atoms with Gasteiger partial charge in [0.25, 0.3) is 0 Å². The van der Waals surface area contributed by atoms with E-state index in [1.165, 1.54) is 13.4 Å². The van der Waals surface area contributed by atoms with Crippen LogP contribution >= 0.6 is 0 Å². The van der Waals surface area contributed by atoms with E-state index < -0.39 is 0 Å². The molecule has 0 aliphatic carbocycles. The fourth-order valence-electron chi connectivity index (χ4n) is 2.62. The second kappa shape index (κ2) is 3.58. The number of amides is 1. The first kappa shape index (κ1) is 10.3. The third kappa shape index (κ3) is 1.36. The monoisotopic (exact) mass is 234 g/mol. The first-order valence-electron chi connectivity index (χ1n) is 5.69. The van der Waals surface area contributed by atoms with Gasteiger partial charge in [0.15, 0.2) is 5.82 Å². The zero-order chi connectivity index (χ0) is 12.0. The lowest BCUT2D eigenvalue weighted by molar-refractivity contribution is -0.118. The molecule has 90 valence electrons. The van der Waals surface area contributed by atoms with Crippen LogP contribution in [0.5, 0.6) is 5.88 Å². The normalized spacial score (nSPS) is 26.2. The number of anilines is 2. The number of nitrogens with zero attached hydrogens (tertiary/aromatic N) is 3. The number of carbonyl (C=O) groups is 1. The Hall–Kier alpha value is -1.85. The molecule has 0 aromatic carbocycles. The molecular formula is C11H14N4O2. The number of carbonyl (C=O) groups excluding carboxylic acids is 1. The van der Waals surface area contributed by atoms with Crippen LogP contribution in [0, 0.1) is 5.92 Å². The van der Waals surface area contributed by atoms with E-state index >= 15 is 0 Å². The van der Waals surface area contributed by atoms with Crippen LogP contribution in [0.3, 0.4) is 0 Å². The first-order chi connectivity index (χ1) is 8.22. The molecule has 3 rings (SSSR count).